The molecule has 2 amide bonds. The molecule has 0 saturated heterocycles. The van der Waals surface area contributed by atoms with Crippen molar-refractivity contribution in [2.75, 3.05) is 11.9 Å². The Morgan fingerprint density at radius 1 is 1.00 bits per heavy atom. The van der Waals surface area contributed by atoms with Gasteiger partial charge in [0.1, 0.15) is 0 Å². The molecule has 0 radical (unpaired) electrons. The number of pyridine rings is 1. The van der Waals surface area contributed by atoms with Crippen LogP contribution in [0.1, 0.15) is 41.6 Å². The van der Waals surface area contributed by atoms with E-state index in [0.717, 1.165) is 11.3 Å². The van der Waals surface area contributed by atoms with Gasteiger partial charge in [0.15, 0.2) is 0 Å². The number of amides is 2. The molecular weight excluding hydrogens is 370 g/mol. The molecule has 152 valence electrons. The van der Waals surface area contributed by atoms with Crippen molar-refractivity contribution in [3.8, 4) is 0 Å². The van der Waals surface area contributed by atoms with Crippen LogP contribution in [0.25, 0.3) is 0 Å². The maximum atomic E-state index is 12.5. The third-order valence-electron chi connectivity index (χ3n) is 5.47. The number of carbonyl (C=O) groups is 3. The number of nitrogens with one attached hydrogen (secondary N) is 1. The van der Waals surface area contributed by atoms with Crippen molar-refractivity contribution in [2.24, 2.45) is 11.8 Å². The molecule has 1 fully saturated rings. The Balaban J connectivity index is 1.51. The Bertz CT molecular complexity index is 859. The SMILES string of the molecule is CN(C(=O)c1ccncc1)c1ccc(CNC(=O)C2CCC(C(=O)O)CC2)cc1. The first-order chi connectivity index (χ1) is 14.0. The summed E-state index contributed by atoms with van der Waals surface area (Å²) < 4.78 is 0. The number of hydrogen-bond acceptors (Lipinski definition) is 4. The van der Waals surface area contributed by atoms with E-state index in [4.69, 9.17) is 5.11 Å². The van der Waals surface area contributed by atoms with E-state index in [0.29, 0.717) is 37.8 Å². The molecule has 7 heteroatoms. The predicted octanol–water partition coefficient (Wildman–Crippen LogP) is 2.87. The van der Waals surface area contributed by atoms with Gasteiger partial charge >= 0.3 is 5.97 Å². The molecule has 1 aromatic heterocycles. The van der Waals surface area contributed by atoms with Gasteiger partial charge in [0, 0.05) is 43.2 Å². The van der Waals surface area contributed by atoms with Crippen LogP contribution >= 0.6 is 0 Å². The van der Waals surface area contributed by atoms with E-state index in [1.807, 2.05) is 24.3 Å². The van der Waals surface area contributed by atoms with Crippen LogP contribution in [-0.4, -0.2) is 34.9 Å². The Kier molecular flexibility index (Phi) is 6.59. The molecule has 29 heavy (non-hydrogen) atoms. The van der Waals surface area contributed by atoms with Gasteiger partial charge < -0.3 is 15.3 Å². The molecule has 1 saturated carbocycles. The number of carbonyl (C=O) groups excluding carboxylic acids is 2. The zero-order valence-electron chi connectivity index (χ0n) is 16.4. The van der Waals surface area contributed by atoms with Crippen molar-refractivity contribution >= 4 is 23.5 Å². The van der Waals surface area contributed by atoms with E-state index < -0.39 is 5.97 Å². The number of aliphatic carboxylic acids is 1. The van der Waals surface area contributed by atoms with Crippen LogP contribution < -0.4 is 10.2 Å². The number of hydrogen-bond donors (Lipinski definition) is 2. The van der Waals surface area contributed by atoms with Crippen LogP contribution in [0.4, 0.5) is 5.69 Å². The normalized spacial score (nSPS) is 18.7. The van der Waals surface area contributed by atoms with Gasteiger partial charge in [-0.05, 0) is 55.5 Å². The summed E-state index contributed by atoms with van der Waals surface area (Å²) in [5.74, 6) is -1.35. The monoisotopic (exact) mass is 395 g/mol. The molecule has 1 aliphatic carbocycles. The lowest BCUT2D eigenvalue weighted by Crippen LogP contribution is -2.34. The van der Waals surface area contributed by atoms with E-state index in [1.165, 1.54) is 0 Å². The van der Waals surface area contributed by atoms with Crippen molar-refractivity contribution in [3.63, 3.8) is 0 Å². The Labute approximate surface area is 169 Å². The lowest BCUT2D eigenvalue weighted by Gasteiger charge is -2.25. The zero-order chi connectivity index (χ0) is 20.8. The Hall–Kier alpha value is -3.22. The number of benzene rings is 1. The van der Waals surface area contributed by atoms with Crippen LogP contribution in [-0.2, 0) is 16.1 Å². The quantitative estimate of drug-likeness (QED) is 0.783. The van der Waals surface area contributed by atoms with Crippen molar-refractivity contribution < 1.29 is 19.5 Å². The van der Waals surface area contributed by atoms with E-state index in [2.05, 4.69) is 10.3 Å². The first-order valence-corrected chi connectivity index (χ1v) is 9.73. The molecule has 0 atom stereocenters. The molecule has 2 aromatic rings. The smallest absolute Gasteiger partial charge is 0.306 e. The molecule has 0 aliphatic heterocycles. The summed E-state index contributed by atoms with van der Waals surface area (Å²) in [6.45, 7) is 0.403. The van der Waals surface area contributed by atoms with Crippen LogP contribution in [0.2, 0.25) is 0 Å². The van der Waals surface area contributed by atoms with Gasteiger partial charge in [-0.1, -0.05) is 12.1 Å². The Morgan fingerprint density at radius 3 is 2.17 bits per heavy atom. The highest BCUT2D eigenvalue weighted by Gasteiger charge is 2.29. The molecule has 1 heterocycles. The average Bonchev–Trinajstić information content (AvgIpc) is 2.77. The highest BCUT2D eigenvalue weighted by molar-refractivity contribution is 6.05. The Morgan fingerprint density at radius 2 is 1.59 bits per heavy atom. The predicted molar refractivity (Wildman–Crippen MR) is 108 cm³/mol. The summed E-state index contributed by atoms with van der Waals surface area (Å²) in [5.41, 5.74) is 2.26. The second kappa shape index (κ2) is 9.32. The van der Waals surface area contributed by atoms with E-state index >= 15 is 0 Å². The highest BCUT2D eigenvalue weighted by atomic mass is 16.4. The maximum absolute atomic E-state index is 12.5. The fraction of sp³-hybridized carbons (Fsp3) is 0.364. The van der Waals surface area contributed by atoms with Gasteiger partial charge in [-0.25, -0.2) is 0 Å². The topological polar surface area (TPSA) is 99.6 Å². The third-order valence-corrected chi connectivity index (χ3v) is 5.47. The van der Waals surface area contributed by atoms with Gasteiger partial charge in [0.2, 0.25) is 5.91 Å². The summed E-state index contributed by atoms with van der Waals surface area (Å²) >= 11 is 0. The number of carboxylic acid groups (broad SMARTS) is 1. The van der Waals surface area contributed by atoms with Crippen LogP contribution in [0.5, 0.6) is 0 Å². The third kappa shape index (κ3) is 5.19. The van der Waals surface area contributed by atoms with Crippen molar-refractivity contribution in [1.82, 2.24) is 10.3 Å². The van der Waals surface area contributed by atoms with Crippen LogP contribution in [0.15, 0.2) is 48.8 Å². The number of aromatic nitrogens is 1. The molecular formula is C22H25N3O4. The minimum Gasteiger partial charge on any atom is -0.481 e. The van der Waals surface area contributed by atoms with Crippen molar-refractivity contribution in [2.45, 2.75) is 32.2 Å². The largest absolute Gasteiger partial charge is 0.481 e. The highest BCUT2D eigenvalue weighted by Crippen LogP contribution is 2.29. The molecule has 0 spiro atoms. The number of carboxylic acids is 1. The minimum atomic E-state index is -0.767. The molecule has 3 rings (SSSR count). The maximum Gasteiger partial charge on any atom is 0.306 e. The van der Waals surface area contributed by atoms with Crippen LogP contribution in [0.3, 0.4) is 0 Å². The summed E-state index contributed by atoms with van der Waals surface area (Å²) in [7, 11) is 1.72. The van der Waals surface area contributed by atoms with E-state index in [9.17, 15) is 14.4 Å². The summed E-state index contributed by atoms with van der Waals surface area (Å²) in [6.07, 6.45) is 5.51. The first-order valence-electron chi connectivity index (χ1n) is 9.73. The molecule has 7 nitrogen and oxygen atoms in total. The van der Waals surface area contributed by atoms with Gasteiger partial charge in [0.05, 0.1) is 5.92 Å². The van der Waals surface area contributed by atoms with Gasteiger partial charge in [-0.3, -0.25) is 19.4 Å². The number of nitrogens with zero attached hydrogens (tertiary/aromatic N) is 2. The van der Waals surface area contributed by atoms with Crippen molar-refractivity contribution in [1.29, 1.82) is 0 Å². The average molecular weight is 395 g/mol. The minimum absolute atomic E-state index is 0.0251. The molecule has 1 aromatic carbocycles. The summed E-state index contributed by atoms with van der Waals surface area (Å²) in [5, 5.41) is 12.0. The molecule has 1 aliphatic rings. The fourth-order valence-electron chi connectivity index (χ4n) is 3.58. The molecule has 2 N–H and O–H groups in total. The van der Waals surface area contributed by atoms with E-state index in [1.54, 1.807) is 36.5 Å². The van der Waals surface area contributed by atoms with Gasteiger partial charge in [-0.2, -0.15) is 0 Å². The fourth-order valence-corrected chi connectivity index (χ4v) is 3.58. The van der Waals surface area contributed by atoms with E-state index in [-0.39, 0.29) is 23.7 Å². The standard InChI is InChI=1S/C22H25N3O4/c1-25(21(27)17-10-12-23-13-11-17)19-8-2-15(3-9-19)14-24-20(26)16-4-6-18(7-5-16)22(28)29/h2-3,8-13,16,18H,4-7,14H2,1H3,(H,24,26)(H,28,29). The number of anilines is 1. The molecule has 0 unspecified atom stereocenters. The van der Waals surface area contributed by atoms with Gasteiger partial charge in [0.25, 0.3) is 5.91 Å². The first kappa shape index (κ1) is 20.5. The lowest BCUT2D eigenvalue weighted by atomic mass is 9.81. The number of rotatable bonds is 6. The summed E-state index contributed by atoms with van der Waals surface area (Å²) in [4.78, 5) is 41.3. The second-order valence-electron chi connectivity index (χ2n) is 7.37. The van der Waals surface area contributed by atoms with Crippen molar-refractivity contribution in [3.05, 3.63) is 59.9 Å². The molecule has 0 bridgehead atoms. The van der Waals surface area contributed by atoms with Crippen LogP contribution in [0, 0.1) is 11.8 Å². The second-order valence-corrected chi connectivity index (χ2v) is 7.37. The lowest BCUT2D eigenvalue weighted by molar-refractivity contribution is -0.144. The summed E-state index contributed by atoms with van der Waals surface area (Å²) in [6, 6.07) is 10.8. The van der Waals surface area contributed by atoms with Gasteiger partial charge in [-0.15, -0.1) is 0 Å². The zero-order valence-corrected chi connectivity index (χ0v) is 16.4.